The molecule has 0 aliphatic carbocycles. The molecule has 27 heavy (non-hydrogen) atoms. The molecule has 0 saturated carbocycles. The van der Waals surface area contributed by atoms with Crippen LogP contribution in [-0.4, -0.2) is 33.8 Å². The normalized spacial score (nSPS) is 10.9. The Labute approximate surface area is 158 Å². The summed E-state index contributed by atoms with van der Waals surface area (Å²) in [5.74, 6) is 1.53. The van der Waals surface area contributed by atoms with Crippen molar-refractivity contribution >= 4 is 5.96 Å². The molecular weight excluding hydrogens is 347 g/mol. The van der Waals surface area contributed by atoms with E-state index in [0.29, 0.717) is 35.1 Å². The Morgan fingerprint density at radius 1 is 1.11 bits per heavy atom. The molecule has 0 aliphatic rings. The van der Waals surface area contributed by atoms with Gasteiger partial charge in [0.15, 0.2) is 17.5 Å². The second kappa shape index (κ2) is 10.0. The molecule has 0 spiro atoms. The van der Waals surface area contributed by atoms with Gasteiger partial charge >= 0.3 is 0 Å². The minimum absolute atomic E-state index is 0.271. The van der Waals surface area contributed by atoms with E-state index >= 15 is 0 Å². The van der Waals surface area contributed by atoms with E-state index in [0.717, 1.165) is 12.0 Å². The van der Waals surface area contributed by atoms with Crippen LogP contribution in [0.3, 0.4) is 0 Å². The lowest BCUT2D eigenvalue weighted by Gasteiger charge is -2.13. The molecule has 0 bridgehead atoms. The molecule has 0 saturated heterocycles. The Hall–Kier alpha value is -3.27. The van der Waals surface area contributed by atoms with E-state index in [2.05, 4.69) is 15.6 Å². The Morgan fingerprint density at radius 3 is 2.52 bits per heavy atom. The summed E-state index contributed by atoms with van der Waals surface area (Å²) >= 11 is 0. The Kier molecular flexibility index (Phi) is 7.44. The van der Waals surface area contributed by atoms with E-state index in [4.69, 9.17) is 14.7 Å². The molecule has 0 amide bonds. The summed E-state index contributed by atoms with van der Waals surface area (Å²) in [6.07, 6.45) is 0.756. The molecule has 0 atom stereocenters. The van der Waals surface area contributed by atoms with Crippen molar-refractivity contribution in [1.29, 1.82) is 5.26 Å². The second-order valence-corrected chi connectivity index (χ2v) is 5.71. The van der Waals surface area contributed by atoms with Crippen molar-refractivity contribution in [2.24, 2.45) is 4.99 Å². The highest BCUT2D eigenvalue weighted by Gasteiger charge is 2.06. The van der Waals surface area contributed by atoms with Gasteiger partial charge in [0.2, 0.25) is 0 Å². The molecule has 0 heterocycles. The van der Waals surface area contributed by atoms with Crippen molar-refractivity contribution in [2.75, 3.05) is 27.8 Å². The summed E-state index contributed by atoms with van der Waals surface area (Å²) in [6.45, 7) is 0.915. The van der Waals surface area contributed by atoms with E-state index < -0.39 is 5.82 Å². The molecule has 6 nitrogen and oxygen atoms in total. The number of benzene rings is 2. The fraction of sp³-hybridized carbons (Fsp3) is 0.300. The number of hydrogen-bond donors (Lipinski definition) is 2. The minimum atomic E-state index is -0.415. The third-order valence-corrected chi connectivity index (χ3v) is 4.01. The van der Waals surface area contributed by atoms with E-state index in [-0.39, 0.29) is 6.54 Å². The number of nitriles is 1. The number of methoxy groups -OCH3 is 2. The topological polar surface area (TPSA) is 78.7 Å². The van der Waals surface area contributed by atoms with E-state index in [1.54, 1.807) is 33.4 Å². The van der Waals surface area contributed by atoms with Gasteiger partial charge in [0, 0.05) is 25.7 Å². The monoisotopic (exact) mass is 370 g/mol. The molecular formula is C20H23FN4O2. The molecule has 0 radical (unpaired) electrons. The average molecular weight is 370 g/mol. The third-order valence-electron chi connectivity index (χ3n) is 4.01. The van der Waals surface area contributed by atoms with Gasteiger partial charge in [-0.3, -0.25) is 4.99 Å². The van der Waals surface area contributed by atoms with E-state index in [9.17, 15) is 4.39 Å². The third kappa shape index (κ3) is 5.61. The first-order chi connectivity index (χ1) is 13.1. The largest absolute Gasteiger partial charge is 0.493 e. The van der Waals surface area contributed by atoms with Crippen LogP contribution in [0.4, 0.5) is 4.39 Å². The highest BCUT2D eigenvalue weighted by atomic mass is 19.1. The number of nitrogens with one attached hydrogen (secondary N) is 2. The summed E-state index contributed by atoms with van der Waals surface area (Å²) in [4.78, 5) is 4.13. The van der Waals surface area contributed by atoms with Crippen LogP contribution in [0.1, 0.15) is 16.7 Å². The zero-order chi connectivity index (χ0) is 19.6. The van der Waals surface area contributed by atoms with Gasteiger partial charge in [0.05, 0.1) is 25.9 Å². The van der Waals surface area contributed by atoms with Crippen molar-refractivity contribution in [1.82, 2.24) is 10.6 Å². The van der Waals surface area contributed by atoms with E-state index in [1.807, 2.05) is 24.3 Å². The van der Waals surface area contributed by atoms with Gasteiger partial charge in [0.1, 0.15) is 5.82 Å². The molecule has 2 N–H and O–H groups in total. The molecule has 2 rings (SSSR count). The smallest absolute Gasteiger partial charge is 0.191 e. The SMILES string of the molecule is CN=C(NCCc1ccc(OC)c(OC)c1)NCc1ccc(C#N)cc1F. The zero-order valence-electron chi connectivity index (χ0n) is 15.7. The van der Waals surface area contributed by atoms with Crippen molar-refractivity contribution in [3.05, 3.63) is 58.9 Å². The van der Waals surface area contributed by atoms with Gasteiger partial charge in [0.25, 0.3) is 0 Å². The number of hydrogen-bond acceptors (Lipinski definition) is 4. The fourth-order valence-electron chi connectivity index (χ4n) is 2.52. The highest BCUT2D eigenvalue weighted by molar-refractivity contribution is 5.79. The number of nitrogens with zero attached hydrogens (tertiary/aromatic N) is 2. The van der Waals surface area contributed by atoms with Crippen LogP contribution in [-0.2, 0) is 13.0 Å². The lowest BCUT2D eigenvalue weighted by Crippen LogP contribution is -2.38. The van der Waals surface area contributed by atoms with Crippen LogP contribution in [0.5, 0.6) is 11.5 Å². The first-order valence-corrected chi connectivity index (χ1v) is 8.45. The number of ether oxygens (including phenoxy) is 2. The Balaban J connectivity index is 1.86. The summed E-state index contributed by atoms with van der Waals surface area (Å²) < 4.78 is 24.5. The Bertz CT molecular complexity index is 846. The molecule has 2 aromatic carbocycles. The predicted octanol–water partition coefficient (Wildman–Crippen LogP) is 2.62. The van der Waals surface area contributed by atoms with Gasteiger partial charge < -0.3 is 20.1 Å². The summed E-state index contributed by atoms with van der Waals surface area (Å²) in [7, 11) is 4.86. The maximum atomic E-state index is 13.9. The number of aliphatic imine (C=N–C) groups is 1. The van der Waals surface area contributed by atoms with Crippen molar-refractivity contribution < 1.29 is 13.9 Å². The van der Waals surface area contributed by atoms with Crippen molar-refractivity contribution in [2.45, 2.75) is 13.0 Å². The van der Waals surface area contributed by atoms with Crippen LogP contribution in [0.2, 0.25) is 0 Å². The average Bonchev–Trinajstić information content (AvgIpc) is 2.70. The molecule has 0 unspecified atom stereocenters. The summed E-state index contributed by atoms with van der Waals surface area (Å²) in [5, 5.41) is 15.0. The lowest BCUT2D eigenvalue weighted by atomic mass is 10.1. The van der Waals surface area contributed by atoms with Gasteiger partial charge in [-0.2, -0.15) is 5.26 Å². The van der Waals surface area contributed by atoms with Crippen LogP contribution in [0, 0.1) is 17.1 Å². The van der Waals surface area contributed by atoms with Gasteiger partial charge in [-0.1, -0.05) is 12.1 Å². The second-order valence-electron chi connectivity index (χ2n) is 5.71. The first-order valence-electron chi connectivity index (χ1n) is 8.45. The van der Waals surface area contributed by atoms with Crippen molar-refractivity contribution in [3.8, 4) is 17.6 Å². The lowest BCUT2D eigenvalue weighted by molar-refractivity contribution is 0.354. The van der Waals surface area contributed by atoms with Gasteiger partial charge in [-0.15, -0.1) is 0 Å². The minimum Gasteiger partial charge on any atom is -0.493 e. The predicted molar refractivity (Wildman–Crippen MR) is 103 cm³/mol. The number of guanidine groups is 1. The standard InChI is InChI=1S/C20H23FN4O2/c1-23-20(25-13-16-6-4-15(12-22)10-17(16)21)24-9-8-14-5-7-18(26-2)19(11-14)27-3/h4-7,10-11H,8-9,13H2,1-3H3,(H2,23,24,25). The maximum absolute atomic E-state index is 13.9. The number of halogens is 1. The van der Waals surface area contributed by atoms with Crippen LogP contribution in [0.25, 0.3) is 0 Å². The fourth-order valence-corrected chi connectivity index (χ4v) is 2.52. The van der Waals surface area contributed by atoms with Gasteiger partial charge in [-0.05, 0) is 36.2 Å². The molecule has 0 aromatic heterocycles. The van der Waals surface area contributed by atoms with E-state index in [1.165, 1.54) is 6.07 Å². The molecule has 0 aliphatic heterocycles. The van der Waals surface area contributed by atoms with Gasteiger partial charge in [-0.25, -0.2) is 4.39 Å². The molecule has 7 heteroatoms. The molecule has 142 valence electrons. The summed E-state index contributed by atoms with van der Waals surface area (Å²) in [6, 6.07) is 12.1. The molecule has 2 aromatic rings. The van der Waals surface area contributed by atoms with Crippen LogP contribution in [0.15, 0.2) is 41.4 Å². The molecule has 0 fully saturated rings. The first kappa shape index (κ1) is 20.0. The maximum Gasteiger partial charge on any atom is 0.191 e. The quantitative estimate of drug-likeness (QED) is 0.579. The van der Waals surface area contributed by atoms with Crippen LogP contribution >= 0.6 is 0 Å². The summed E-state index contributed by atoms with van der Waals surface area (Å²) in [5.41, 5.74) is 1.86. The van der Waals surface area contributed by atoms with Crippen molar-refractivity contribution in [3.63, 3.8) is 0 Å². The zero-order valence-corrected chi connectivity index (χ0v) is 15.7. The van der Waals surface area contributed by atoms with Crippen LogP contribution < -0.4 is 20.1 Å². The number of rotatable bonds is 7. The highest BCUT2D eigenvalue weighted by Crippen LogP contribution is 2.27. The Morgan fingerprint density at radius 2 is 1.89 bits per heavy atom.